The van der Waals surface area contributed by atoms with Crippen LogP contribution in [0.4, 0.5) is 11.5 Å². The Hall–Kier alpha value is -1.65. The molecule has 18 heavy (non-hydrogen) atoms. The van der Waals surface area contributed by atoms with Gasteiger partial charge in [-0.15, -0.1) is 0 Å². The van der Waals surface area contributed by atoms with Crippen molar-refractivity contribution in [2.24, 2.45) is 0 Å². The van der Waals surface area contributed by atoms with Crippen molar-refractivity contribution in [2.45, 2.75) is 51.5 Å². The van der Waals surface area contributed by atoms with Crippen LogP contribution in [-0.4, -0.2) is 15.9 Å². The molecule has 5 nitrogen and oxygen atoms in total. The zero-order chi connectivity index (χ0) is 13.0. The van der Waals surface area contributed by atoms with E-state index in [2.05, 4.69) is 10.3 Å². The van der Waals surface area contributed by atoms with Crippen molar-refractivity contribution in [2.75, 3.05) is 5.32 Å². The van der Waals surface area contributed by atoms with Gasteiger partial charge in [-0.1, -0.05) is 25.7 Å². The lowest BCUT2D eigenvalue weighted by atomic mass is 10.1. The summed E-state index contributed by atoms with van der Waals surface area (Å²) in [5.41, 5.74) is 0.896. The SMILES string of the molecule is Cc1cnc(NC2CCCCCC2)c([N+](=O)[O-])c1. The number of rotatable bonds is 3. The monoisotopic (exact) mass is 249 g/mol. The minimum absolute atomic E-state index is 0.0826. The van der Waals surface area contributed by atoms with Gasteiger partial charge in [0.15, 0.2) is 0 Å². The molecule has 0 unspecified atom stereocenters. The highest BCUT2D eigenvalue weighted by Crippen LogP contribution is 2.26. The van der Waals surface area contributed by atoms with E-state index in [1.165, 1.54) is 25.7 Å². The van der Waals surface area contributed by atoms with E-state index in [4.69, 9.17) is 0 Å². The molecule has 0 aliphatic heterocycles. The molecule has 1 heterocycles. The van der Waals surface area contributed by atoms with Gasteiger partial charge in [0, 0.05) is 18.3 Å². The predicted octanol–water partition coefficient (Wildman–Crippen LogP) is 3.43. The first kappa shape index (κ1) is 12.8. The second kappa shape index (κ2) is 5.80. The highest BCUT2D eigenvalue weighted by Gasteiger charge is 2.19. The highest BCUT2D eigenvalue weighted by atomic mass is 16.6. The fourth-order valence-electron chi connectivity index (χ4n) is 2.42. The average molecular weight is 249 g/mol. The molecule has 98 valence electrons. The molecule has 1 fully saturated rings. The lowest BCUT2D eigenvalue weighted by Gasteiger charge is -2.16. The number of aryl methyl sites for hydroxylation is 1. The lowest BCUT2D eigenvalue weighted by Crippen LogP contribution is -2.19. The molecule has 0 saturated heterocycles. The van der Waals surface area contributed by atoms with Crippen molar-refractivity contribution in [1.29, 1.82) is 0 Å². The lowest BCUT2D eigenvalue weighted by molar-refractivity contribution is -0.384. The van der Waals surface area contributed by atoms with Crippen molar-refractivity contribution < 1.29 is 4.92 Å². The summed E-state index contributed by atoms with van der Waals surface area (Å²) < 4.78 is 0. The van der Waals surface area contributed by atoms with Crippen LogP contribution < -0.4 is 5.32 Å². The highest BCUT2D eigenvalue weighted by molar-refractivity contribution is 5.57. The Morgan fingerprint density at radius 3 is 2.61 bits per heavy atom. The van der Waals surface area contributed by atoms with Crippen molar-refractivity contribution in [3.05, 3.63) is 27.9 Å². The van der Waals surface area contributed by atoms with Gasteiger partial charge in [0.1, 0.15) is 0 Å². The summed E-state index contributed by atoms with van der Waals surface area (Å²) in [5, 5.41) is 14.3. The maximum Gasteiger partial charge on any atom is 0.311 e. The number of hydrogen-bond donors (Lipinski definition) is 1. The molecule has 1 aromatic heterocycles. The van der Waals surface area contributed by atoms with Crippen molar-refractivity contribution in [1.82, 2.24) is 4.98 Å². The number of hydrogen-bond acceptors (Lipinski definition) is 4. The number of pyridine rings is 1. The molecule has 0 radical (unpaired) electrons. The molecule has 1 N–H and O–H groups in total. The maximum atomic E-state index is 11.0. The molecule has 0 spiro atoms. The normalized spacial score (nSPS) is 17.2. The zero-order valence-corrected chi connectivity index (χ0v) is 10.7. The summed E-state index contributed by atoms with van der Waals surface area (Å²) in [4.78, 5) is 14.8. The van der Waals surface area contributed by atoms with Crippen LogP contribution in [0.2, 0.25) is 0 Å². The summed E-state index contributed by atoms with van der Waals surface area (Å²) in [6.07, 6.45) is 8.74. The summed E-state index contributed by atoms with van der Waals surface area (Å²) >= 11 is 0. The van der Waals surface area contributed by atoms with E-state index in [0.717, 1.165) is 18.4 Å². The van der Waals surface area contributed by atoms with E-state index < -0.39 is 0 Å². The van der Waals surface area contributed by atoms with Gasteiger partial charge in [-0.25, -0.2) is 4.98 Å². The van der Waals surface area contributed by atoms with Crippen LogP contribution >= 0.6 is 0 Å². The van der Waals surface area contributed by atoms with E-state index in [1.54, 1.807) is 12.3 Å². The Kier molecular flexibility index (Phi) is 4.12. The molecule has 0 aromatic carbocycles. The number of nitrogens with zero attached hydrogens (tertiary/aromatic N) is 2. The fraction of sp³-hybridized carbons (Fsp3) is 0.615. The number of aromatic nitrogens is 1. The van der Waals surface area contributed by atoms with Gasteiger partial charge in [-0.05, 0) is 25.3 Å². The van der Waals surface area contributed by atoms with Crippen LogP contribution in [-0.2, 0) is 0 Å². The molecule has 0 bridgehead atoms. The Morgan fingerprint density at radius 2 is 2.00 bits per heavy atom. The number of nitro groups is 1. The largest absolute Gasteiger partial charge is 0.362 e. The second-order valence-corrected chi connectivity index (χ2v) is 4.97. The summed E-state index contributed by atoms with van der Waals surface area (Å²) in [6, 6.07) is 1.90. The Bertz CT molecular complexity index is 426. The van der Waals surface area contributed by atoms with E-state index in [1.807, 2.05) is 6.92 Å². The summed E-state index contributed by atoms with van der Waals surface area (Å²) in [6.45, 7) is 1.81. The van der Waals surface area contributed by atoms with Crippen molar-refractivity contribution in [3.8, 4) is 0 Å². The standard InChI is InChI=1S/C13H19N3O2/c1-10-8-12(16(17)18)13(14-9-10)15-11-6-4-2-3-5-7-11/h8-9,11H,2-7H2,1H3,(H,14,15). The first-order valence-electron chi connectivity index (χ1n) is 6.54. The van der Waals surface area contributed by atoms with Gasteiger partial charge in [0.05, 0.1) is 4.92 Å². The zero-order valence-electron chi connectivity index (χ0n) is 10.7. The molecular weight excluding hydrogens is 230 g/mol. The second-order valence-electron chi connectivity index (χ2n) is 4.97. The van der Waals surface area contributed by atoms with E-state index >= 15 is 0 Å². The Morgan fingerprint density at radius 1 is 1.33 bits per heavy atom. The minimum atomic E-state index is -0.362. The first-order valence-corrected chi connectivity index (χ1v) is 6.54. The quantitative estimate of drug-likeness (QED) is 0.506. The topological polar surface area (TPSA) is 68.1 Å². The fourth-order valence-corrected chi connectivity index (χ4v) is 2.42. The van der Waals surface area contributed by atoms with Crippen molar-refractivity contribution in [3.63, 3.8) is 0 Å². The third kappa shape index (κ3) is 3.18. The molecule has 1 aliphatic rings. The Labute approximate surface area is 107 Å². The third-order valence-corrected chi connectivity index (χ3v) is 3.40. The van der Waals surface area contributed by atoms with Gasteiger partial charge in [0.2, 0.25) is 5.82 Å². The summed E-state index contributed by atoms with van der Waals surface area (Å²) in [5.74, 6) is 0.414. The minimum Gasteiger partial charge on any atom is -0.362 e. The predicted molar refractivity (Wildman–Crippen MR) is 70.7 cm³/mol. The molecule has 0 amide bonds. The van der Waals surface area contributed by atoms with Crippen LogP contribution in [0.3, 0.4) is 0 Å². The number of anilines is 1. The smallest absolute Gasteiger partial charge is 0.311 e. The van der Waals surface area contributed by atoms with E-state index in [9.17, 15) is 10.1 Å². The van der Waals surface area contributed by atoms with E-state index in [0.29, 0.717) is 11.9 Å². The van der Waals surface area contributed by atoms with Crippen LogP contribution in [0, 0.1) is 17.0 Å². The van der Waals surface area contributed by atoms with Gasteiger partial charge in [-0.2, -0.15) is 0 Å². The van der Waals surface area contributed by atoms with Crippen LogP contribution in [0.1, 0.15) is 44.1 Å². The maximum absolute atomic E-state index is 11.0. The summed E-state index contributed by atoms with van der Waals surface area (Å²) in [7, 11) is 0. The first-order chi connectivity index (χ1) is 8.66. The molecule has 1 aromatic rings. The van der Waals surface area contributed by atoms with Gasteiger partial charge in [-0.3, -0.25) is 10.1 Å². The average Bonchev–Trinajstić information content (AvgIpc) is 2.60. The third-order valence-electron chi connectivity index (χ3n) is 3.40. The van der Waals surface area contributed by atoms with Crippen LogP contribution in [0.5, 0.6) is 0 Å². The molecule has 2 rings (SSSR count). The van der Waals surface area contributed by atoms with Crippen LogP contribution in [0.15, 0.2) is 12.3 Å². The number of nitrogens with one attached hydrogen (secondary N) is 1. The van der Waals surface area contributed by atoms with Gasteiger partial charge < -0.3 is 5.32 Å². The molecule has 1 saturated carbocycles. The van der Waals surface area contributed by atoms with Crippen molar-refractivity contribution >= 4 is 11.5 Å². The Balaban J connectivity index is 2.14. The van der Waals surface area contributed by atoms with Gasteiger partial charge >= 0.3 is 5.69 Å². The molecular formula is C13H19N3O2. The van der Waals surface area contributed by atoms with Gasteiger partial charge in [0.25, 0.3) is 0 Å². The molecule has 1 aliphatic carbocycles. The molecule has 0 atom stereocenters. The molecule has 5 heteroatoms. The van der Waals surface area contributed by atoms with E-state index in [-0.39, 0.29) is 10.6 Å². The van der Waals surface area contributed by atoms with Crippen LogP contribution in [0.25, 0.3) is 0 Å².